The van der Waals surface area contributed by atoms with Crippen molar-refractivity contribution in [3.8, 4) is 0 Å². The molecule has 0 aromatic heterocycles. The molecule has 1 fully saturated rings. The van der Waals surface area contributed by atoms with Gasteiger partial charge in [-0.15, -0.1) is 0 Å². The van der Waals surface area contributed by atoms with E-state index in [0.29, 0.717) is 13.2 Å². The summed E-state index contributed by atoms with van der Waals surface area (Å²) >= 11 is 0. The van der Waals surface area contributed by atoms with Gasteiger partial charge in [0.1, 0.15) is 0 Å². The summed E-state index contributed by atoms with van der Waals surface area (Å²) in [5, 5.41) is 9.83. The number of piperidine rings is 1. The Morgan fingerprint density at radius 2 is 2.22 bits per heavy atom. The summed E-state index contributed by atoms with van der Waals surface area (Å²) in [6.45, 7) is 7.17. The Kier molecular flexibility index (Phi) is 7.23. The zero-order valence-electron chi connectivity index (χ0n) is 11.4. The van der Waals surface area contributed by atoms with E-state index in [1.54, 1.807) is 6.92 Å². The van der Waals surface area contributed by atoms with E-state index in [1.807, 2.05) is 6.92 Å². The summed E-state index contributed by atoms with van der Waals surface area (Å²) in [4.78, 5) is 13.4. The lowest BCUT2D eigenvalue weighted by Crippen LogP contribution is -2.43. The Morgan fingerprint density at radius 3 is 2.89 bits per heavy atom. The molecule has 5 nitrogen and oxygen atoms in total. The van der Waals surface area contributed by atoms with E-state index in [-0.39, 0.29) is 18.5 Å². The Hall–Kier alpha value is -0.650. The standard InChI is InChI=1S/C13H25NO4/c1-3-17-12-6-5-7-14(10-12)9-11(15)8-13(16)18-4-2/h11-12,15H,3-10H2,1-2H3. The van der Waals surface area contributed by atoms with Crippen LogP contribution in [0.15, 0.2) is 0 Å². The average molecular weight is 259 g/mol. The van der Waals surface area contributed by atoms with E-state index in [9.17, 15) is 9.90 Å². The second-order valence-corrected chi connectivity index (χ2v) is 4.64. The van der Waals surface area contributed by atoms with Crippen LogP contribution in [0.4, 0.5) is 0 Å². The molecule has 0 radical (unpaired) electrons. The molecule has 2 atom stereocenters. The number of ether oxygens (including phenoxy) is 2. The Morgan fingerprint density at radius 1 is 1.44 bits per heavy atom. The molecule has 5 heteroatoms. The monoisotopic (exact) mass is 259 g/mol. The van der Waals surface area contributed by atoms with Gasteiger partial charge in [0.2, 0.25) is 0 Å². The lowest BCUT2D eigenvalue weighted by molar-refractivity contribution is -0.145. The molecule has 1 rings (SSSR count). The van der Waals surface area contributed by atoms with E-state index in [0.717, 1.165) is 32.5 Å². The van der Waals surface area contributed by atoms with E-state index in [2.05, 4.69) is 4.90 Å². The van der Waals surface area contributed by atoms with Gasteiger partial charge in [-0.3, -0.25) is 9.69 Å². The van der Waals surface area contributed by atoms with E-state index in [4.69, 9.17) is 9.47 Å². The van der Waals surface area contributed by atoms with E-state index >= 15 is 0 Å². The number of carbonyl (C=O) groups is 1. The third-order valence-electron chi connectivity index (χ3n) is 3.04. The SMILES string of the molecule is CCOC(=O)CC(O)CN1CCCC(OCC)C1. The summed E-state index contributed by atoms with van der Waals surface area (Å²) < 4.78 is 10.4. The first kappa shape index (κ1) is 15.4. The molecule has 1 saturated heterocycles. The Labute approximate surface area is 109 Å². The first-order chi connectivity index (χ1) is 8.65. The molecule has 1 aliphatic heterocycles. The van der Waals surface area contributed by atoms with Gasteiger partial charge in [0, 0.05) is 19.7 Å². The number of β-amino-alcohol motifs (C(OH)–C–C–N with tert-alkyl or cyclic N) is 1. The van der Waals surface area contributed by atoms with Crippen LogP contribution < -0.4 is 0 Å². The van der Waals surface area contributed by atoms with Gasteiger partial charge in [0.15, 0.2) is 0 Å². The largest absolute Gasteiger partial charge is 0.466 e. The van der Waals surface area contributed by atoms with Gasteiger partial charge in [0.05, 0.1) is 25.2 Å². The Balaban J connectivity index is 2.26. The van der Waals surface area contributed by atoms with E-state index < -0.39 is 6.10 Å². The highest BCUT2D eigenvalue weighted by Gasteiger charge is 2.23. The minimum absolute atomic E-state index is 0.0731. The topological polar surface area (TPSA) is 59.0 Å². The van der Waals surface area contributed by atoms with Gasteiger partial charge in [-0.2, -0.15) is 0 Å². The molecule has 1 heterocycles. The third kappa shape index (κ3) is 5.80. The number of aliphatic hydroxyl groups is 1. The van der Waals surface area contributed by atoms with Crippen molar-refractivity contribution < 1.29 is 19.4 Å². The second kappa shape index (κ2) is 8.45. The smallest absolute Gasteiger partial charge is 0.308 e. The van der Waals surface area contributed by atoms with Crippen LogP contribution in [0.5, 0.6) is 0 Å². The predicted octanol–water partition coefficient (Wildman–Crippen LogP) is 0.801. The number of likely N-dealkylation sites (tertiary alicyclic amines) is 1. The molecule has 1 aliphatic rings. The molecule has 0 amide bonds. The highest BCUT2D eigenvalue weighted by atomic mass is 16.5. The van der Waals surface area contributed by atoms with Gasteiger partial charge in [-0.05, 0) is 33.2 Å². The summed E-state index contributed by atoms with van der Waals surface area (Å²) in [5.74, 6) is -0.330. The fraction of sp³-hybridized carbons (Fsp3) is 0.923. The second-order valence-electron chi connectivity index (χ2n) is 4.64. The number of hydrogen-bond acceptors (Lipinski definition) is 5. The van der Waals surface area contributed by atoms with E-state index in [1.165, 1.54) is 0 Å². The summed E-state index contributed by atoms with van der Waals surface area (Å²) in [6.07, 6.45) is 1.85. The lowest BCUT2D eigenvalue weighted by Gasteiger charge is -2.33. The fourth-order valence-electron chi connectivity index (χ4n) is 2.33. The van der Waals surface area contributed by atoms with Crippen LogP contribution in [-0.4, -0.2) is 61.0 Å². The molecule has 0 saturated carbocycles. The molecular formula is C13H25NO4. The molecule has 1 N–H and O–H groups in total. The maximum absolute atomic E-state index is 11.2. The van der Waals surface area contributed by atoms with Crippen LogP contribution in [0.2, 0.25) is 0 Å². The zero-order valence-corrected chi connectivity index (χ0v) is 11.4. The number of hydrogen-bond donors (Lipinski definition) is 1. The first-order valence-electron chi connectivity index (χ1n) is 6.83. The molecular weight excluding hydrogens is 234 g/mol. The van der Waals surface area contributed by atoms with Crippen molar-refractivity contribution in [1.29, 1.82) is 0 Å². The highest BCUT2D eigenvalue weighted by molar-refractivity contribution is 5.69. The van der Waals surface area contributed by atoms with Crippen molar-refractivity contribution in [2.45, 2.75) is 45.3 Å². The molecule has 18 heavy (non-hydrogen) atoms. The molecule has 106 valence electrons. The quantitative estimate of drug-likeness (QED) is 0.685. The fourth-order valence-corrected chi connectivity index (χ4v) is 2.33. The summed E-state index contributed by atoms with van der Waals surface area (Å²) in [5.41, 5.74) is 0. The number of esters is 1. The highest BCUT2D eigenvalue weighted by Crippen LogP contribution is 2.14. The third-order valence-corrected chi connectivity index (χ3v) is 3.04. The van der Waals surface area contributed by atoms with Crippen molar-refractivity contribution in [3.63, 3.8) is 0 Å². The van der Waals surface area contributed by atoms with Crippen LogP contribution in [0.1, 0.15) is 33.1 Å². The first-order valence-corrected chi connectivity index (χ1v) is 6.83. The Bertz CT molecular complexity index is 245. The normalized spacial score (nSPS) is 22.7. The molecule has 0 spiro atoms. The van der Waals surface area contributed by atoms with Crippen LogP contribution >= 0.6 is 0 Å². The van der Waals surface area contributed by atoms with Crippen molar-refractivity contribution in [3.05, 3.63) is 0 Å². The van der Waals surface area contributed by atoms with Crippen molar-refractivity contribution >= 4 is 5.97 Å². The molecule has 2 unspecified atom stereocenters. The summed E-state index contributed by atoms with van der Waals surface area (Å²) in [7, 11) is 0. The minimum atomic E-state index is -0.649. The van der Waals surface area contributed by atoms with Crippen LogP contribution in [0, 0.1) is 0 Å². The van der Waals surface area contributed by atoms with Gasteiger partial charge >= 0.3 is 5.97 Å². The van der Waals surface area contributed by atoms with Crippen LogP contribution in [0.25, 0.3) is 0 Å². The van der Waals surface area contributed by atoms with Crippen molar-refractivity contribution in [1.82, 2.24) is 4.90 Å². The van der Waals surface area contributed by atoms with Gasteiger partial charge in [-0.25, -0.2) is 0 Å². The number of carbonyl (C=O) groups excluding carboxylic acids is 1. The molecule has 0 bridgehead atoms. The van der Waals surface area contributed by atoms with Gasteiger partial charge < -0.3 is 14.6 Å². The van der Waals surface area contributed by atoms with Crippen molar-refractivity contribution in [2.24, 2.45) is 0 Å². The molecule has 0 aromatic carbocycles. The van der Waals surface area contributed by atoms with Crippen LogP contribution in [-0.2, 0) is 14.3 Å². The number of nitrogens with zero attached hydrogens (tertiary/aromatic N) is 1. The zero-order chi connectivity index (χ0) is 13.4. The molecule has 0 aliphatic carbocycles. The van der Waals surface area contributed by atoms with Crippen molar-refractivity contribution in [2.75, 3.05) is 32.8 Å². The average Bonchev–Trinajstić information content (AvgIpc) is 2.29. The van der Waals surface area contributed by atoms with Gasteiger partial charge in [0.25, 0.3) is 0 Å². The lowest BCUT2D eigenvalue weighted by atomic mass is 10.1. The van der Waals surface area contributed by atoms with Gasteiger partial charge in [-0.1, -0.05) is 0 Å². The summed E-state index contributed by atoms with van der Waals surface area (Å²) in [6, 6.07) is 0. The minimum Gasteiger partial charge on any atom is -0.466 e. The maximum atomic E-state index is 11.2. The predicted molar refractivity (Wildman–Crippen MR) is 68.3 cm³/mol. The van der Waals surface area contributed by atoms with Crippen LogP contribution in [0.3, 0.4) is 0 Å². The number of rotatable bonds is 7. The molecule has 0 aromatic rings. The maximum Gasteiger partial charge on any atom is 0.308 e. The number of aliphatic hydroxyl groups excluding tert-OH is 1.